The highest BCUT2D eigenvalue weighted by Crippen LogP contribution is 2.23. The van der Waals surface area contributed by atoms with Crippen LogP contribution in [0.15, 0.2) is 65.3 Å². The number of imidazole rings is 1. The minimum absolute atomic E-state index is 0.230. The van der Waals surface area contributed by atoms with E-state index in [9.17, 15) is 4.79 Å². The molecule has 0 aliphatic carbocycles. The third-order valence-corrected chi connectivity index (χ3v) is 4.26. The molecule has 4 rings (SSSR count). The molecule has 0 radical (unpaired) electrons. The van der Waals surface area contributed by atoms with E-state index in [4.69, 9.17) is 4.42 Å². The van der Waals surface area contributed by atoms with Crippen molar-refractivity contribution in [2.24, 2.45) is 7.05 Å². The molecule has 1 N–H and O–H groups in total. The third kappa shape index (κ3) is 2.97. The summed E-state index contributed by atoms with van der Waals surface area (Å²) in [5, 5.41) is 3.02. The number of rotatable bonds is 4. The van der Waals surface area contributed by atoms with Crippen molar-refractivity contribution in [3.8, 4) is 0 Å². The van der Waals surface area contributed by atoms with Crippen LogP contribution in [0.3, 0.4) is 0 Å². The number of amides is 1. The van der Waals surface area contributed by atoms with Gasteiger partial charge in [-0.25, -0.2) is 9.97 Å². The summed E-state index contributed by atoms with van der Waals surface area (Å²) >= 11 is 0. The van der Waals surface area contributed by atoms with Gasteiger partial charge in [-0.05, 0) is 24.6 Å². The molecule has 1 unspecified atom stereocenters. The summed E-state index contributed by atoms with van der Waals surface area (Å²) in [4.78, 5) is 21.6. The molecule has 0 fully saturated rings. The van der Waals surface area contributed by atoms with Crippen LogP contribution in [0.25, 0.3) is 11.1 Å². The fraction of sp³-hybridized carbons (Fsp3) is 0.150. The van der Waals surface area contributed by atoms with Gasteiger partial charge in [-0.15, -0.1) is 0 Å². The molecule has 0 spiro atoms. The number of carbonyl (C=O) groups excluding carboxylic acids is 1. The van der Waals surface area contributed by atoms with E-state index in [-0.39, 0.29) is 17.7 Å². The Balaban J connectivity index is 1.68. The minimum atomic E-state index is -0.383. The Morgan fingerprint density at radius 2 is 2.00 bits per heavy atom. The Labute approximate surface area is 150 Å². The molecule has 0 aliphatic rings. The lowest BCUT2D eigenvalue weighted by Crippen LogP contribution is -2.30. The van der Waals surface area contributed by atoms with Crippen LogP contribution in [-0.4, -0.2) is 20.4 Å². The van der Waals surface area contributed by atoms with Crippen molar-refractivity contribution in [3.63, 3.8) is 0 Å². The number of nitrogens with one attached hydrogen (secondary N) is 1. The molecule has 3 heterocycles. The van der Waals surface area contributed by atoms with Gasteiger partial charge >= 0.3 is 0 Å². The highest BCUT2D eigenvalue weighted by atomic mass is 16.3. The van der Waals surface area contributed by atoms with Crippen LogP contribution in [0, 0.1) is 6.92 Å². The maximum Gasteiger partial charge on any atom is 0.287 e. The number of fused-ring (bicyclic) bond motifs is 1. The molecule has 1 atom stereocenters. The summed E-state index contributed by atoms with van der Waals surface area (Å²) in [5.74, 6) is 0.667. The van der Waals surface area contributed by atoms with Crippen LogP contribution in [0.1, 0.15) is 33.7 Å². The molecule has 3 aromatic heterocycles. The molecule has 1 amide bonds. The average molecular weight is 346 g/mol. The van der Waals surface area contributed by atoms with Crippen LogP contribution in [-0.2, 0) is 7.05 Å². The van der Waals surface area contributed by atoms with Gasteiger partial charge in [-0.2, -0.15) is 0 Å². The van der Waals surface area contributed by atoms with Crippen LogP contribution < -0.4 is 5.32 Å². The molecule has 6 heteroatoms. The fourth-order valence-electron chi connectivity index (χ4n) is 2.94. The number of furan rings is 1. The van der Waals surface area contributed by atoms with E-state index in [1.807, 2.05) is 67.2 Å². The van der Waals surface area contributed by atoms with Crippen LogP contribution in [0.5, 0.6) is 0 Å². The largest absolute Gasteiger partial charge is 0.449 e. The van der Waals surface area contributed by atoms with E-state index in [2.05, 4.69) is 15.3 Å². The van der Waals surface area contributed by atoms with E-state index in [1.165, 1.54) is 0 Å². The van der Waals surface area contributed by atoms with E-state index in [0.717, 1.165) is 17.1 Å². The number of hydrogen-bond donors (Lipinski definition) is 1. The Morgan fingerprint density at radius 1 is 1.19 bits per heavy atom. The Hall–Kier alpha value is -3.41. The normalized spacial score (nSPS) is 12.2. The second-order valence-electron chi connectivity index (χ2n) is 6.16. The van der Waals surface area contributed by atoms with E-state index >= 15 is 0 Å². The Morgan fingerprint density at radius 3 is 2.73 bits per heavy atom. The van der Waals surface area contributed by atoms with Gasteiger partial charge in [0.1, 0.15) is 17.4 Å². The Bertz CT molecular complexity index is 1070. The molecular formula is C20H18N4O2. The van der Waals surface area contributed by atoms with Crippen molar-refractivity contribution < 1.29 is 9.21 Å². The maximum atomic E-state index is 12.8. The van der Waals surface area contributed by atoms with Gasteiger partial charge in [0.25, 0.3) is 5.91 Å². The number of nitrogens with zero attached hydrogens (tertiary/aromatic N) is 3. The zero-order valence-electron chi connectivity index (χ0n) is 14.5. The molecule has 1 aromatic carbocycles. The standard InChI is InChI=1S/C20H18N4O2/c1-13-8-9-16-15(22-13)12-17(26-16)20(25)23-18(14-6-4-3-5-7-14)19-21-10-11-24(19)2/h3-12,18H,1-2H3,(H,23,25). The molecule has 0 bridgehead atoms. The molecule has 0 aliphatic heterocycles. The average Bonchev–Trinajstić information content (AvgIpc) is 3.26. The first-order valence-electron chi connectivity index (χ1n) is 8.32. The number of hydrogen-bond acceptors (Lipinski definition) is 4. The summed E-state index contributed by atoms with van der Waals surface area (Å²) in [6.45, 7) is 1.90. The van der Waals surface area contributed by atoms with E-state index < -0.39 is 0 Å². The van der Waals surface area contributed by atoms with Crippen molar-refractivity contribution in [2.75, 3.05) is 0 Å². The number of pyridine rings is 1. The number of carbonyl (C=O) groups is 1. The van der Waals surface area contributed by atoms with Crippen LogP contribution in [0.4, 0.5) is 0 Å². The molecular weight excluding hydrogens is 328 g/mol. The minimum Gasteiger partial charge on any atom is -0.449 e. The number of benzene rings is 1. The zero-order chi connectivity index (χ0) is 18.1. The van der Waals surface area contributed by atoms with E-state index in [0.29, 0.717) is 11.1 Å². The summed E-state index contributed by atoms with van der Waals surface area (Å²) in [7, 11) is 1.90. The van der Waals surface area contributed by atoms with Gasteiger partial charge in [-0.3, -0.25) is 4.79 Å². The first-order chi connectivity index (χ1) is 12.6. The smallest absolute Gasteiger partial charge is 0.287 e. The molecule has 130 valence electrons. The second kappa shape index (κ2) is 6.48. The molecule has 0 saturated carbocycles. The zero-order valence-corrected chi connectivity index (χ0v) is 14.5. The van der Waals surface area contributed by atoms with Crippen molar-refractivity contribution in [1.82, 2.24) is 19.9 Å². The van der Waals surface area contributed by atoms with Gasteiger partial charge in [0, 0.05) is 31.2 Å². The van der Waals surface area contributed by atoms with E-state index in [1.54, 1.807) is 12.3 Å². The van der Waals surface area contributed by atoms with Gasteiger partial charge in [0.05, 0.1) is 0 Å². The quantitative estimate of drug-likeness (QED) is 0.615. The predicted octanol–water partition coefficient (Wildman–Crippen LogP) is 3.39. The lowest BCUT2D eigenvalue weighted by Gasteiger charge is -2.18. The first kappa shape index (κ1) is 16.1. The summed E-state index contributed by atoms with van der Waals surface area (Å²) in [5.41, 5.74) is 3.08. The van der Waals surface area contributed by atoms with Crippen molar-refractivity contribution in [3.05, 3.63) is 83.8 Å². The van der Waals surface area contributed by atoms with Crippen molar-refractivity contribution in [2.45, 2.75) is 13.0 Å². The van der Waals surface area contributed by atoms with Gasteiger partial charge < -0.3 is 14.3 Å². The molecule has 4 aromatic rings. The topological polar surface area (TPSA) is 73.0 Å². The summed E-state index contributed by atoms with van der Waals surface area (Å²) < 4.78 is 7.56. The van der Waals surface area contributed by atoms with Gasteiger partial charge in [0.15, 0.2) is 11.3 Å². The SMILES string of the molecule is Cc1ccc2oc(C(=O)NC(c3ccccc3)c3nccn3C)cc2n1. The predicted molar refractivity (Wildman–Crippen MR) is 97.7 cm³/mol. The van der Waals surface area contributed by atoms with Gasteiger partial charge in [-0.1, -0.05) is 30.3 Å². The number of aromatic nitrogens is 3. The highest BCUT2D eigenvalue weighted by Gasteiger charge is 2.23. The summed E-state index contributed by atoms with van der Waals surface area (Å²) in [6, 6.07) is 14.7. The second-order valence-corrected chi connectivity index (χ2v) is 6.16. The first-order valence-corrected chi connectivity index (χ1v) is 8.32. The lowest BCUT2D eigenvalue weighted by atomic mass is 10.1. The lowest BCUT2D eigenvalue weighted by molar-refractivity contribution is 0.0915. The van der Waals surface area contributed by atoms with Gasteiger partial charge in [0.2, 0.25) is 0 Å². The molecule has 0 saturated heterocycles. The van der Waals surface area contributed by atoms with Crippen LogP contribution in [0.2, 0.25) is 0 Å². The fourth-order valence-corrected chi connectivity index (χ4v) is 2.94. The summed E-state index contributed by atoms with van der Waals surface area (Å²) in [6.07, 6.45) is 3.57. The van der Waals surface area contributed by atoms with Crippen LogP contribution >= 0.6 is 0 Å². The monoisotopic (exact) mass is 346 g/mol. The van der Waals surface area contributed by atoms with Crippen molar-refractivity contribution >= 4 is 17.0 Å². The maximum absolute atomic E-state index is 12.8. The number of aryl methyl sites for hydroxylation is 2. The Kier molecular flexibility index (Phi) is 4.01. The third-order valence-electron chi connectivity index (χ3n) is 4.26. The highest BCUT2D eigenvalue weighted by molar-refractivity contribution is 5.95. The van der Waals surface area contributed by atoms with Crippen molar-refractivity contribution in [1.29, 1.82) is 0 Å². The molecule has 26 heavy (non-hydrogen) atoms. The molecule has 6 nitrogen and oxygen atoms in total.